The van der Waals surface area contributed by atoms with E-state index in [2.05, 4.69) is 0 Å². The van der Waals surface area contributed by atoms with Crippen molar-refractivity contribution >= 4 is 0 Å². The van der Waals surface area contributed by atoms with E-state index < -0.39 is 5.79 Å². The van der Waals surface area contributed by atoms with Crippen LogP contribution in [0.4, 0.5) is 0 Å². The molecule has 0 amide bonds. The van der Waals surface area contributed by atoms with Crippen LogP contribution in [0, 0.1) is 5.92 Å². The molecule has 4 heteroatoms. The Labute approximate surface area is 85.2 Å². The van der Waals surface area contributed by atoms with Gasteiger partial charge in [0, 0.05) is 12.5 Å². The standard InChI is InChI=1S/C10H20O4/c1-8(4-11)5-12-6-9-7-13-10(2,3)14-9/h8-9,11H,4-7H2,1-3H3. The van der Waals surface area contributed by atoms with Crippen molar-refractivity contribution in [3.8, 4) is 0 Å². The van der Waals surface area contributed by atoms with Crippen LogP contribution in [0.3, 0.4) is 0 Å². The average molecular weight is 204 g/mol. The topological polar surface area (TPSA) is 47.9 Å². The first-order chi connectivity index (χ1) is 6.53. The number of aliphatic hydroxyl groups excluding tert-OH is 1. The maximum Gasteiger partial charge on any atom is 0.163 e. The second-order valence-electron chi connectivity index (χ2n) is 4.28. The van der Waals surface area contributed by atoms with Crippen LogP contribution in [0.2, 0.25) is 0 Å². The number of hydrogen-bond acceptors (Lipinski definition) is 4. The highest BCUT2D eigenvalue weighted by atomic mass is 16.7. The lowest BCUT2D eigenvalue weighted by Crippen LogP contribution is -2.25. The minimum atomic E-state index is -0.476. The average Bonchev–Trinajstić information content (AvgIpc) is 2.45. The molecule has 1 N–H and O–H groups in total. The summed E-state index contributed by atoms with van der Waals surface area (Å²) >= 11 is 0. The highest BCUT2D eigenvalue weighted by molar-refractivity contribution is 4.70. The van der Waals surface area contributed by atoms with E-state index in [1.54, 1.807) is 0 Å². The fourth-order valence-corrected chi connectivity index (χ4v) is 1.30. The summed E-state index contributed by atoms with van der Waals surface area (Å²) in [6.45, 7) is 7.57. The SMILES string of the molecule is CC(CO)COCC1COC(C)(C)O1. The van der Waals surface area contributed by atoms with Crippen molar-refractivity contribution in [1.82, 2.24) is 0 Å². The van der Waals surface area contributed by atoms with Crippen LogP contribution in [0.1, 0.15) is 20.8 Å². The molecule has 14 heavy (non-hydrogen) atoms. The Balaban J connectivity index is 2.09. The third-order valence-corrected chi connectivity index (χ3v) is 2.09. The van der Waals surface area contributed by atoms with Crippen molar-refractivity contribution in [2.75, 3.05) is 26.4 Å². The zero-order valence-electron chi connectivity index (χ0n) is 9.16. The molecule has 0 spiro atoms. The minimum absolute atomic E-state index is 0.0240. The molecule has 0 aromatic carbocycles. The van der Waals surface area contributed by atoms with E-state index in [0.29, 0.717) is 19.8 Å². The normalized spacial score (nSPS) is 27.9. The molecule has 0 aliphatic carbocycles. The quantitative estimate of drug-likeness (QED) is 0.719. The Morgan fingerprint density at radius 2 is 2.29 bits per heavy atom. The Morgan fingerprint density at radius 3 is 2.79 bits per heavy atom. The van der Waals surface area contributed by atoms with Gasteiger partial charge in [-0.1, -0.05) is 6.92 Å². The fraction of sp³-hybridized carbons (Fsp3) is 1.00. The molecule has 2 atom stereocenters. The zero-order chi connectivity index (χ0) is 10.6. The summed E-state index contributed by atoms with van der Waals surface area (Å²) in [4.78, 5) is 0. The molecule has 1 heterocycles. The molecule has 2 unspecified atom stereocenters. The first-order valence-corrected chi connectivity index (χ1v) is 5.04. The summed E-state index contributed by atoms with van der Waals surface area (Å²) < 4.78 is 16.3. The van der Waals surface area contributed by atoms with E-state index in [4.69, 9.17) is 19.3 Å². The molecule has 1 saturated heterocycles. The molecular formula is C10H20O4. The third kappa shape index (κ3) is 3.92. The molecule has 84 valence electrons. The van der Waals surface area contributed by atoms with E-state index in [1.165, 1.54) is 0 Å². The van der Waals surface area contributed by atoms with Crippen LogP contribution in [0.15, 0.2) is 0 Å². The van der Waals surface area contributed by atoms with Gasteiger partial charge in [0.15, 0.2) is 5.79 Å². The molecule has 0 aromatic rings. The van der Waals surface area contributed by atoms with Crippen LogP contribution in [0.5, 0.6) is 0 Å². The molecule has 0 bridgehead atoms. The van der Waals surface area contributed by atoms with E-state index in [1.807, 2.05) is 20.8 Å². The summed E-state index contributed by atoms with van der Waals surface area (Å²) in [5.41, 5.74) is 0. The van der Waals surface area contributed by atoms with Gasteiger partial charge < -0.3 is 19.3 Å². The maximum atomic E-state index is 8.77. The van der Waals surface area contributed by atoms with E-state index >= 15 is 0 Å². The van der Waals surface area contributed by atoms with Crippen LogP contribution >= 0.6 is 0 Å². The van der Waals surface area contributed by atoms with Gasteiger partial charge in [-0.25, -0.2) is 0 Å². The molecular weight excluding hydrogens is 184 g/mol. The third-order valence-electron chi connectivity index (χ3n) is 2.09. The fourth-order valence-electron chi connectivity index (χ4n) is 1.30. The second-order valence-corrected chi connectivity index (χ2v) is 4.28. The first kappa shape index (κ1) is 11.9. The van der Waals surface area contributed by atoms with Gasteiger partial charge in [-0.05, 0) is 13.8 Å². The molecule has 0 saturated carbocycles. The summed E-state index contributed by atoms with van der Waals surface area (Å²) in [6, 6.07) is 0. The largest absolute Gasteiger partial charge is 0.396 e. The van der Waals surface area contributed by atoms with Crippen molar-refractivity contribution in [3.05, 3.63) is 0 Å². The Bertz CT molecular complexity index is 170. The Kier molecular flexibility index (Phi) is 4.31. The molecule has 1 fully saturated rings. The van der Waals surface area contributed by atoms with Crippen molar-refractivity contribution in [3.63, 3.8) is 0 Å². The van der Waals surface area contributed by atoms with Crippen molar-refractivity contribution < 1.29 is 19.3 Å². The van der Waals surface area contributed by atoms with E-state index in [0.717, 1.165) is 0 Å². The summed E-state index contributed by atoms with van der Waals surface area (Å²) in [6.07, 6.45) is 0.0240. The molecule has 0 aromatic heterocycles. The van der Waals surface area contributed by atoms with Crippen molar-refractivity contribution in [2.24, 2.45) is 5.92 Å². The number of hydrogen-bond donors (Lipinski definition) is 1. The number of aliphatic hydroxyl groups is 1. The molecule has 1 rings (SSSR count). The van der Waals surface area contributed by atoms with E-state index in [-0.39, 0.29) is 18.6 Å². The predicted octanol–water partition coefficient (Wildman–Crippen LogP) is 0.783. The monoisotopic (exact) mass is 204 g/mol. The summed E-state index contributed by atoms with van der Waals surface area (Å²) in [5, 5.41) is 8.77. The minimum Gasteiger partial charge on any atom is -0.396 e. The Hall–Kier alpha value is -0.160. The van der Waals surface area contributed by atoms with Gasteiger partial charge in [0.05, 0.1) is 19.8 Å². The van der Waals surface area contributed by atoms with Gasteiger partial charge in [0.2, 0.25) is 0 Å². The zero-order valence-corrected chi connectivity index (χ0v) is 9.16. The van der Waals surface area contributed by atoms with Crippen LogP contribution in [-0.4, -0.2) is 43.4 Å². The summed E-state index contributed by atoms with van der Waals surface area (Å²) in [5.74, 6) is -0.290. The molecule has 0 radical (unpaired) electrons. The lowest BCUT2D eigenvalue weighted by molar-refractivity contribution is -0.145. The van der Waals surface area contributed by atoms with Crippen LogP contribution < -0.4 is 0 Å². The smallest absolute Gasteiger partial charge is 0.163 e. The molecule has 4 nitrogen and oxygen atoms in total. The van der Waals surface area contributed by atoms with Crippen molar-refractivity contribution in [1.29, 1.82) is 0 Å². The maximum absolute atomic E-state index is 8.77. The predicted molar refractivity (Wildman–Crippen MR) is 52.0 cm³/mol. The molecule has 1 aliphatic rings. The van der Waals surface area contributed by atoms with Gasteiger partial charge in [0.25, 0.3) is 0 Å². The van der Waals surface area contributed by atoms with Gasteiger partial charge >= 0.3 is 0 Å². The Morgan fingerprint density at radius 1 is 1.57 bits per heavy atom. The second kappa shape index (κ2) is 5.07. The van der Waals surface area contributed by atoms with Gasteiger partial charge in [0.1, 0.15) is 6.10 Å². The lowest BCUT2D eigenvalue weighted by atomic mass is 10.2. The lowest BCUT2D eigenvalue weighted by Gasteiger charge is -2.17. The highest BCUT2D eigenvalue weighted by Crippen LogP contribution is 2.22. The van der Waals surface area contributed by atoms with Gasteiger partial charge in [-0.3, -0.25) is 0 Å². The first-order valence-electron chi connectivity index (χ1n) is 5.04. The van der Waals surface area contributed by atoms with Gasteiger partial charge in [-0.15, -0.1) is 0 Å². The summed E-state index contributed by atoms with van der Waals surface area (Å²) in [7, 11) is 0. The molecule has 1 aliphatic heterocycles. The highest BCUT2D eigenvalue weighted by Gasteiger charge is 2.32. The van der Waals surface area contributed by atoms with E-state index in [9.17, 15) is 0 Å². The number of rotatable bonds is 5. The van der Waals surface area contributed by atoms with Gasteiger partial charge in [-0.2, -0.15) is 0 Å². The number of ether oxygens (including phenoxy) is 3. The van der Waals surface area contributed by atoms with Crippen LogP contribution in [0.25, 0.3) is 0 Å². The van der Waals surface area contributed by atoms with Crippen molar-refractivity contribution in [2.45, 2.75) is 32.7 Å². The van der Waals surface area contributed by atoms with Crippen LogP contribution in [-0.2, 0) is 14.2 Å².